The second-order valence-corrected chi connectivity index (χ2v) is 6.38. The van der Waals surface area contributed by atoms with Gasteiger partial charge in [0.05, 0.1) is 13.7 Å². The van der Waals surface area contributed by atoms with Crippen LogP contribution in [0.5, 0.6) is 5.75 Å². The molecule has 1 aromatic carbocycles. The molecule has 1 aromatic rings. The summed E-state index contributed by atoms with van der Waals surface area (Å²) in [5.74, 6) is 0.721. The number of ether oxygens (including phenoxy) is 1. The van der Waals surface area contributed by atoms with Crippen LogP contribution in [-0.4, -0.2) is 36.5 Å². The van der Waals surface area contributed by atoms with Gasteiger partial charge in [0.15, 0.2) is 0 Å². The maximum absolute atomic E-state index is 11.4. The van der Waals surface area contributed by atoms with Crippen molar-refractivity contribution in [1.82, 2.24) is 4.90 Å². The minimum atomic E-state index is -0.211. The molecule has 1 fully saturated rings. The Kier molecular flexibility index (Phi) is 5.35. The summed E-state index contributed by atoms with van der Waals surface area (Å²) in [6.45, 7) is 1.39. The smallest absolute Gasteiger partial charge is 0.231 e. The van der Waals surface area contributed by atoms with Crippen molar-refractivity contribution >= 4 is 18.3 Å². The molecule has 1 aliphatic heterocycles. The average Bonchev–Trinajstić information content (AvgIpc) is 2.49. The first-order valence-electron chi connectivity index (χ1n) is 7.82. The van der Waals surface area contributed by atoms with Gasteiger partial charge < -0.3 is 10.5 Å². The first-order chi connectivity index (χ1) is 10.1. The highest BCUT2D eigenvalue weighted by Crippen LogP contribution is 2.40. The number of primary amides is 1. The zero-order valence-corrected chi connectivity index (χ0v) is 14.0. The lowest BCUT2D eigenvalue weighted by atomic mass is 9.72. The Balaban J connectivity index is 0.00000176. The summed E-state index contributed by atoms with van der Waals surface area (Å²) in [5, 5.41) is 0. The fourth-order valence-electron chi connectivity index (χ4n) is 4.01. The van der Waals surface area contributed by atoms with Crippen molar-refractivity contribution in [3.05, 3.63) is 29.3 Å². The minimum Gasteiger partial charge on any atom is -0.497 e. The molecule has 122 valence electrons. The van der Waals surface area contributed by atoms with Crippen molar-refractivity contribution in [1.29, 1.82) is 0 Å². The van der Waals surface area contributed by atoms with E-state index in [1.165, 1.54) is 30.4 Å². The number of carbonyl (C=O) groups excluding carboxylic acids is 1. The van der Waals surface area contributed by atoms with E-state index in [4.69, 9.17) is 10.5 Å². The van der Waals surface area contributed by atoms with E-state index in [9.17, 15) is 4.79 Å². The molecule has 1 amide bonds. The summed E-state index contributed by atoms with van der Waals surface area (Å²) in [6.07, 6.45) is 6.79. The van der Waals surface area contributed by atoms with Gasteiger partial charge in [0.25, 0.3) is 0 Å². The Bertz CT molecular complexity index is 549. The quantitative estimate of drug-likeness (QED) is 0.928. The van der Waals surface area contributed by atoms with Gasteiger partial charge in [0.1, 0.15) is 5.75 Å². The maximum Gasteiger partial charge on any atom is 0.231 e. The van der Waals surface area contributed by atoms with E-state index in [1.54, 1.807) is 7.11 Å². The third-order valence-electron chi connectivity index (χ3n) is 5.13. The lowest BCUT2D eigenvalue weighted by molar-refractivity contribution is -0.121. The normalized spacial score (nSPS) is 24.4. The van der Waals surface area contributed by atoms with E-state index in [-0.39, 0.29) is 23.9 Å². The number of hydrogen-bond donors (Lipinski definition) is 1. The van der Waals surface area contributed by atoms with Gasteiger partial charge in [-0.25, -0.2) is 0 Å². The molecule has 1 saturated heterocycles. The van der Waals surface area contributed by atoms with Crippen molar-refractivity contribution in [2.24, 2.45) is 5.73 Å². The van der Waals surface area contributed by atoms with Gasteiger partial charge in [0.2, 0.25) is 5.91 Å². The minimum absolute atomic E-state index is 0. The molecular weight excluding hydrogens is 300 g/mol. The van der Waals surface area contributed by atoms with E-state index in [0.29, 0.717) is 6.54 Å². The highest BCUT2D eigenvalue weighted by Gasteiger charge is 2.41. The van der Waals surface area contributed by atoms with Crippen LogP contribution >= 0.6 is 12.4 Å². The van der Waals surface area contributed by atoms with Crippen LogP contribution in [0.2, 0.25) is 0 Å². The van der Waals surface area contributed by atoms with Crippen molar-refractivity contribution in [2.75, 3.05) is 20.2 Å². The molecule has 22 heavy (non-hydrogen) atoms. The Morgan fingerprint density at radius 1 is 1.32 bits per heavy atom. The van der Waals surface area contributed by atoms with Crippen LogP contribution in [0.3, 0.4) is 0 Å². The number of likely N-dealkylation sites (tertiary alicyclic amines) is 1. The van der Waals surface area contributed by atoms with E-state index in [1.807, 2.05) is 6.07 Å². The van der Waals surface area contributed by atoms with Gasteiger partial charge in [-0.15, -0.1) is 12.4 Å². The molecular formula is C17H25ClN2O2. The highest BCUT2D eigenvalue weighted by molar-refractivity contribution is 5.85. The van der Waals surface area contributed by atoms with E-state index in [2.05, 4.69) is 17.0 Å². The Morgan fingerprint density at radius 2 is 2.14 bits per heavy atom. The summed E-state index contributed by atoms with van der Waals surface area (Å²) >= 11 is 0. The number of piperidine rings is 1. The third-order valence-corrected chi connectivity index (χ3v) is 5.13. The van der Waals surface area contributed by atoms with E-state index >= 15 is 0 Å². The first kappa shape index (κ1) is 17.1. The molecule has 0 saturated carbocycles. The number of fused-ring (bicyclic) bond motifs is 1. The van der Waals surface area contributed by atoms with Gasteiger partial charge in [-0.1, -0.05) is 12.5 Å². The molecule has 5 heteroatoms. The van der Waals surface area contributed by atoms with Gasteiger partial charge in [0, 0.05) is 5.54 Å². The zero-order valence-electron chi connectivity index (χ0n) is 13.1. The molecule has 1 atom stereocenters. The molecule has 4 nitrogen and oxygen atoms in total. The number of nitrogens with zero attached hydrogens (tertiary/aromatic N) is 1. The van der Waals surface area contributed by atoms with Crippen LogP contribution < -0.4 is 10.5 Å². The summed E-state index contributed by atoms with van der Waals surface area (Å²) < 4.78 is 5.32. The number of benzene rings is 1. The van der Waals surface area contributed by atoms with Crippen molar-refractivity contribution in [2.45, 2.75) is 44.1 Å². The van der Waals surface area contributed by atoms with Crippen LogP contribution in [0.4, 0.5) is 0 Å². The van der Waals surface area contributed by atoms with E-state index in [0.717, 1.165) is 31.6 Å². The molecule has 1 heterocycles. The second kappa shape index (κ2) is 6.88. The van der Waals surface area contributed by atoms with Crippen molar-refractivity contribution in [3.8, 4) is 5.75 Å². The Morgan fingerprint density at radius 3 is 2.86 bits per heavy atom. The van der Waals surface area contributed by atoms with Crippen molar-refractivity contribution in [3.63, 3.8) is 0 Å². The van der Waals surface area contributed by atoms with Gasteiger partial charge in [-0.2, -0.15) is 0 Å². The fourth-order valence-corrected chi connectivity index (χ4v) is 4.01. The summed E-state index contributed by atoms with van der Waals surface area (Å²) in [5.41, 5.74) is 8.38. The number of hydrogen-bond acceptors (Lipinski definition) is 3. The lowest BCUT2D eigenvalue weighted by Crippen LogP contribution is -2.57. The topological polar surface area (TPSA) is 55.6 Å². The predicted octanol–water partition coefficient (Wildman–Crippen LogP) is 2.32. The van der Waals surface area contributed by atoms with Crippen LogP contribution in [0.25, 0.3) is 0 Å². The molecule has 1 unspecified atom stereocenters. The largest absolute Gasteiger partial charge is 0.497 e. The molecule has 1 aliphatic carbocycles. The van der Waals surface area contributed by atoms with E-state index < -0.39 is 0 Å². The van der Waals surface area contributed by atoms with Crippen molar-refractivity contribution < 1.29 is 9.53 Å². The summed E-state index contributed by atoms with van der Waals surface area (Å²) in [6, 6.07) is 6.38. The SMILES string of the molecule is COc1ccc2c(c1)CCC1(CCCCN1CC(N)=O)C2.Cl. The first-order valence-corrected chi connectivity index (χ1v) is 7.82. The predicted molar refractivity (Wildman–Crippen MR) is 89.6 cm³/mol. The van der Waals surface area contributed by atoms with Gasteiger partial charge in [-0.05, 0) is 61.9 Å². The average molecular weight is 325 g/mol. The molecule has 1 spiro atoms. The highest BCUT2D eigenvalue weighted by atomic mass is 35.5. The molecule has 0 radical (unpaired) electrons. The molecule has 3 rings (SSSR count). The molecule has 0 aromatic heterocycles. The van der Waals surface area contributed by atoms with Crippen LogP contribution in [0.15, 0.2) is 18.2 Å². The zero-order chi connectivity index (χ0) is 14.9. The Labute approximate surface area is 138 Å². The number of carbonyl (C=O) groups is 1. The lowest BCUT2D eigenvalue weighted by Gasteiger charge is -2.49. The number of rotatable bonds is 3. The monoisotopic (exact) mass is 324 g/mol. The molecule has 0 bridgehead atoms. The number of nitrogens with two attached hydrogens (primary N) is 1. The fraction of sp³-hybridized carbons (Fsp3) is 0.588. The van der Waals surface area contributed by atoms with Crippen LogP contribution in [0.1, 0.15) is 36.8 Å². The van der Waals surface area contributed by atoms with Gasteiger partial charge >= 0.3 is 0 Å². The van der Waals surface area contributed by atoms with Crippen LogP contribution in [0, 0.1) is 0 Å². The van der Waals surface area contributed by atoms with Gasteiger partial charge in [-0.3, -0.25) is 9.69 Å². The second-order valence-electron chi connectivity index (χ2n) is 6.38. The number of aryl methyl sites for hydroxylation is 1. The summed E-state index contributed by atoms with van der Waals surface area (Å²) in [7, 11) is 1.71. The molecule has 2 N–H and O–H groups in total. The number of amides is 1. The maximum atomic E-state index is 11.4. The standard InChI is InChI=1S/C17H24N2O2.ClH/c1-21-15-5-4-14-11-17(8-6-13(14)10-15)7-2-3-9-19(17)12-16(18)20;/h4-5,10H,2-3,6-9,11-12H2,1H3,(H2,18,20);1H. The molecule has 2 aliphatic rings. The number of halogens is 1. The Hall–Kier alpha value is -1.26. The van der Waals surface area contributed by atoms with Crippen LogP contribution in [-0.2, 0) is 17.6 Å². The summed E-state index contributed by atoms with van der Waals surface area (Å²) in [4.78, 5) is 13.7. The number of methoxy groups -OCH3 is 1. The third kappa shape index (κ3) is 3.23.